The monoisotopic (exact) mass is 1090 g/mol. The van der Waals surface area contributed by atoms with E-state index in [2.05, 4.69) is 81.5 Å². The Morgan fingerprint density at radius 1 is 0.256 bits per heavy atom. The van der Waals surface area contributed by atoms with Gasteiger partial charge in [0.05, 0.1) is 0 Å². The third kappa shape index (κ3) is 63.9. The highest BCUT2D eigenvalue weighted by Crippen LogP contribution is 2.17. The number of carbonyl (C=O) groups is 3. The quantitative estimate of drug-likeness (QED) is 0.0261. The van der Waals surface area contributed by atoms with Gasteiger partial charge in [0.2, 0.25) is 0 Å². The third-order valence-electron chi connectivity index (χ3n) is 15.2. The van der Waals surface area contributed by atoms with Gasteiger partial charge in [0, 0.05) is 19.3 Å². The van der Waals surface area contributed by atoms with Crippen LogP contribution in [0, 0.1) is 0 Å². The van der Waals surface area contributed by atoms with Gasteiger partial charge in [-0.15, -0.1) is 0 Å². The predicted octanol–water partition coefficient (Wildman–Crippen LogP) is 23.5. The number of allylic oxidation sites excluding steroid dienone is 10. The smallest absolute Gasteiger partial charge is 0.306 e. The average Bonchev–Trinajstić information content (AvgIpc) is 3.44. The Bertz CT molecular complexity index is 1390. The molecular weight excluding hydrogens is 961 g/mol. The molecule has 0 aliphatic carbocycles. The lowest BCUT2D eigenvalue weighted by Crippen LogP contribution is -2.30. The van der Waals surface area contributed by atoms with Crippen LogP contribution in [-0.4, -0.2) is 37.2 Å². The number of hydrogen-bond donors (Lipinski definition) is 0. The summed E-state index contributed by atoms with van der Waals surface area (Å²) >= 11 is 0. The van der Waals surface area contributed by atoms with Crippen LogP contribution < -0.4 is 0 Å². The summed E-state index contributed by atoms with van der Waals surface area (Å²) in [6.45, 7) is 6.66. The summed E-state index contributed by atoms with van der Waals surface area (Å²) in [6.07, 6.45) is 85.2. The highest BCUT2D eigenvalue weighted by Gasteiger charge is 2.19. The fourth-order valence-electron chi connectivity index (χ4n) is 10.0. The van der Waals surface area contributed by atoms with Gasteiger partial charge in [-0.05, 0) is 109 Å². The van der Waals surface area contributed by atoms with E-state index in [0.29, 0.717) is 19.3 Å². The van der Waals surface area contributed by atoms with Gasteiger partial charge >= 0.3 is 17.9 Å². The molecule has 0 spiro atoms. The number of ether oxygens (including phenoxy) is 3. The van der Waals surface area contributed by atoms with Crippen molar-refractivity contribution >= 4 is 17.9 Å². The summed E-state index contributed by atoms with van der Waals surface area (Å²) in [5.74, 6) is -0.872. The van der Waals surface area contributed by atoms with E-state index in [1.54, 1.807) is 0 Å². The summed E-state index contributed by atoms with van der Waals surface area (Å²) in [6, 6.07) is 0. The van der Waals surface area contributed by atoms with E-state index in [9.17, 15) is 14.4 Å². The van der Waals surface area contributed by atoms with E-state index in [0.717, 1.165) is 77.0 Å². The molecule has 0 fully saturated rings. The minimum atomic E-state index is -0.781. The van der Waals surface area contributed by atoms with Crippen molar-refractivity contribution in [3.63, 3.8) is 0 Å². The Morgan fingerprint density at radius 2 is 0.462 bits per heavy atom. The molecule has 78 heavy (non-hydrogen) atoms. The van der Waals surface area contributed by atoms with E-state index in [-0.39, 0.29) is 31.1 Å². The van der Waals surface area contributed by atoms with Gasteiger partial charge in [-0.1, -0.05) is 293 Å². The molecule has 0 rings (SSSR count). The van der Waals surface area contributed by atoms with E-state index in [1.807, 2.05) is 0 Å². The molecule has 0 aliphatic rings. The van der Waals surface area contributed by atoms with Crippen LogP contribution in [0.2, 0.25) is 0 Å². The number of rotatable bonds is 63. The first-order chi connectivity index (χ1) is 38.5. The van der Waals surface area contributed by atoms with Gasteiger partial charge in [-0.2, -0.15) is 0 Å². The van der Waals surface area contributed by atoms with Gasteiger partial charge in [-0.3, -0.25) is 14.4 Å². The lowest BCUT2D eigenvalue weighted by Gasteiger charge is -2.18. The summed E-state index contributed by atoms with van der Waals surface area (Å²) in [4.78, 5) is 38.4. The molecule has 0 saturated carbocycles. The molecular formula is C72H130O6. The van der Waals surface area contributed by atoms with Crippen LogP contribution in [-0.2, 0) is 28.6 Å². The SMILES string of the molecule is CCCCCCC/C=C\C/C=C\C/C=C\CCCCCCCCCCCCCCC(=O)OCC(COC(=O)CCCCCCC/C=C\CCCCCCCC)OC(=O)CCCCCCCCC/C=C\CCCCCCCCC. The zero-order valence-corrected chi connectivity index (χ0v) is 52.2. The molecule has 1 atom stereocenters. The largest absolute Gasteiger partial charge is 0.462 e. The van der Waals surface area contributed by atoms with Gasteiger partial charge in [0.15, 0.2) is 6.10 Å². The van der Waals surface area contributed by atoms with Gasteiger partial charge in [0.1, 0.15) is 13.2 Å². The number of carbonyl (C=O) groups excluding carboxylic acids is 3. The maximum absolute atomic E-state index is 12.9. The van der Waals surface area contributed by atoms with Crippen molar-refractivity contribution in [2.75, 3.05) is 13.2 Å². The molecule has 0 radical (unpaired) electrons. The lowest BCUT2D eigenvalue weighted by atomic mass is 10.0. The van der Waals surface area contributed by atoms with Gasteiger partial charge < -0.3 is 14.2 Å². The van der Waals surface area contributed by atoms with Crippen LogP contribution in [0.5, 0.6) is 0 Å². The Labute approximate surface area is 485 Å². The third-order valence-corrected chi connectivity index (χ3v) is 15.2. The molecule has 0 aromatic heterocycles. The van der Waals surface area contributed by atoms with Crippen molar-refractivity contribution < 1.29 is 28.6 Å². The second-order valence-corrected chi connectivity index (χ2v) is 23.1. The molecule has 0 aromatic rings. The van der Waals surface area contributed by atoms with Crippen molar-refractivity contribution in [3.05, 3.63) is 60.8 Å². The van der Waals surface area contributed by atoms with Crippen LogP contribution in [0.25, 0.3) is 0 Å². The second-order valence-electron chi connectivity index (χ2n) is 23.1. The highest BCUT2D eigenvalue weighted by molar-refractivity contribution is 5.71. The second kappa shape index (κ2) is 66.6. The van der Waals surface area contributed by atoms with Crippen molar-refractivity contribution in [1.29, 1.82) is 0 Å². The molecule has 1 unspecified atom stereocenters. The summed E-state index contributed by atoms with van der Waals surface area (Å²) in [5.41, 5.74) is 0. The summed E-state index contributed by atoms with van der Waals surface area (Å²) in [5, 5.41) is 0. The fraction of sp³-hybridized carbons (Fsp3) is 0.819. The van der Waals surface area contributed by atoms with Crippen molar-refractivity contribution in [1.82, 2.24) is 0 Å². The maximum atomic E-state index is 12.9. The van der Waals surface area contributed by atoms with Gasteiger partial charge in [0.25, 0.3) is 0 Å². The van der Waals surface area contributed by atoms with Crippen LogP contribution >= 0.6 is 0 Å². The van der Waals surface area contributed by atoms with Crippen molar-refractivity contribution in [2.45, 2.75) is 367 Å². The summed E-state index contributed by atoms with van der Waals surface area (Å²) < 4.78 is 17.0. The first-order valence-corrected chi connectivity index (χ1v) is 34.3. The average molecular weight is 1090 g/mol. The molecule has 6 heteroatoms. The molecule has 0 bridgehead atoms. The van der Waals surface area contributed by atoms with Crippen molar-refractivity contribution in [3.8, 4) is 0 Å². The van der Waals surface area contributed by atoms with Crippen LogP contribution in [0.4, 0.5) is 0 Å². The van der Waals surface area contributed by atoms with Crippen molar-refractivity contribution in [2.24, 2.45) is 0 Å². The maximum Gasteiger partial charge on any atom is 0.306 e. The predicted molar refractivity (Wildman–Crippen MR) is 339 cm³/mol. The van der Waals surface area contributed by atoms with E-state index >= 15 is 0 Å². The van der Waals surface area contributed by atoms with E-state index in [4.69, 9.17) is 14.2 Å². The van der Waals surface area contributed by atoms with E-state index in [1.165, 1.54) is 244 Å². The van der Waals surface area contributed by atoms with Gasteiger partial charge in [-0.25, -0.2) is 0 Å². The van der Waals surface area contributed by atoms with Crippen LogP contribution in [0.1, 0.15) is 361 Å². The standard InChI is InChI=1S/C72H130O6/c1-4-7-10-13-16-19-22-25-28-30-32-33-34-35-36-37-38-39-40-42-44-47-50-53-56-59-62-65-71(74)77-68-69(67-76-70(73)64-61-58-55-52-49-46-43-27-24-21-18-15-12-9-6-3)78-72(75)66-63-60-57-54-51-48-45-41-31-29-26-23-20-17-14-11-8-5-2/h22,25,27,29-32,34-35,43,69H,4-21,23-24,26,28,33,36-42,44-68H2,1-3H3/b25-22-,31-29-,32-30-,35-34-,43-27-. The molecule has 454 valence electrons. The van der Waals surface area contributed by atoms with Crippen LogP contribution in [0.15, 0.2) is 60.8 Å². The molecule has 0 aromatic carbocycles. The Kier molecular flexibility index (Phi) is 64.2. The zero-order chi connectivity index (χ0) is 56.4. The number of esters is 3. The molecule has 0 N–H and O–H groups in total. The number of hydrogen-bond acceptors (Lipinski definition) is 6. The molecule has 0 amide bonds. The molecule has 6 nitrogen and oxygen atoms in total. The summed E-state index contributed by atoms with van der Waals surface area (Å²) in [7, 11) is 0. The topological polar surface area (TPSA) is 78.9 Å². The Hall–Kier alpha value is -2.89. The normalized spacial score (nSPS) is 12.4. The molecule has 0 aliphatic heterocycles. The minimum Gasteiger partial charge on any atom is -0.462 e. The first-order valence-electron chi connectivity index (χ1n) is 34.3. The number of unbranched alkanes of at least 4 members (excludes halogenated alkanes) is 42. The lowest BCUT2D eigenvalue weighted by molar-refractivity contribution is -0.167. The fourth-order valence-corrected chi connectivity index (χ4v) is 10.0. The Balaban J connectivity index is 4.29. The highest BCUT2D eigenvalue weighted by atomic mass is 16.6. The van der Waals surface area contributed by atoms with Crippen LogP contribution in [0.3, 0.4) is 0 Å². The molecule has 0 saturated heterocycles. The van der Waals surface area contributed by atoms with E-state index < -0.39 is 6.10 Å². The molecule has 0 heterocycles. The zero-order valence-electron chi connectivity index (χ0n) is 52.2. The first kappa shape index (κ1) is 75.1. The minimum absolute atomic E-state index is 0.0771. The Morgan fingerprint density at radius 3 is 0.731 bits per heavy atom.